The third kappa shape index (κ3) is 6.16. The van der Waals surface area contributed by atoms with Crippen LogP contribution in [0.15, 0.2) is 54.3 Å². The summed E-state index contributed by atoms with van der Waals surface area (Å²) < 4.78 is 12.0. The van der Waals surface area contributed by atoms with Crippen molar-refractivity contribution in [2.24, 2.45) is 0 Å². The number of aromatic hydroxyl groups is 1. The van der Waals surface area contributed by atoms with Gasteiger partial charge in [-0.2, -0.15) is 0 Å². The molecule has 5 nitrogen and oxygen atoms in total. The highest BCUT2D eigenvalue weighted by molar-refractivity contribution is 5.95. The SMILES string of the molecule is CC/C=C\C=C/C1=CCCCC2(CCN(C(=O)c3ccc(OC(C)C)c(O)c3)CC2)O1. The van der Waals surface area contributed by atoms with E-state index in [9.17, 15) is 9.90 Å². The molecule has 5 heteroatoms. The first kappa shape index (κ1) is 23.0. The largest absolute Gasteiger partial charge is 0.504 e. The number of phenolic OH excluding ortho intramolecular Hbond substituents is 1. The Morgan fingerprint density at radius 2 is 2.03 bits per heavy atom. The van der Waals surface area contributed by atoms with Crippen LogP contribution in [0.2, 0.25) is 0 Å². The maximum atomic E-state index is 13.0. The highest BCUT2D eigenvalue weighted by atomic mass is 16.5. The summed E-state index contributed by atoms with van der Waals surface area (Å²) in [6.45, 7) is 7.21. The van der Waals surface area contributed by atoms with Crippen molar-refractivity contribution in [1.82, 2.24) is 4.90 Å². The molecular weight excluding hydrogens is 390 g/mol. The number of carbonyl (C=O) groups excluding carboxylic acids is 1. The molecule has 1 spiro atoms. The smallest absolute Gasteiger partial charge is 0.253 e. The van der Waals surface area contributed by atoms with Crippen LogP contribution in [0.1, 0.15) is 69.7 Å². The molecule has 2 aliphatic rings. The predicted molar refractivity (Wildman–Crippen MR) is 123 cm³/mol. The molecule has 1 saturated heterocycles. The maximum Gasteiger partial charge on any atom is 0.253 e. The molecule has 0 bridgehead atoms. The normalized spacial score (nSPS) is 19.0. The molecule has 0 aliphatic carbocycles. The van der Waals surface area contributed by atoms with E-state index in [1.54, 1.807) is 12.1 Å². The van der Waals surface area contributed by atoms with E-state index in [1.165, 1.54) is 6.07 Å². The van der Waals surface area contributed by atoms with E-state index in [0.717, 1.165) is 44.3 Å². The van der Waals surface area contributed by atoms with E-state index < -0.39 is 0 Å². The van der Waals surface area contributed by atoms with Gasteiger partial charge < -0.3 is 19.5 Å². The van der Waals surface area contributed by atoms with E-state index in [2.05, 4.69) is 25.2 Å². The van der Waals surface area contributed by atoms with E-state index in [-0.39, 0.29) is 23.4 Å². The van der Waals surface area contributed by atoms with Gasteiger partial charge in [-0.1, -0.05) is 25.2 Å². The number of ether oxygens (including phenoxy) is 2. The van der Waals surface area contributed by atoms with E-state index in [1.807, 2.05) is 30.9 Å². The average Bonchev–Trinajstić information content (AvgIpc) is 2.94. The molecule has 2 aliphatic heterocycles. The summed E-state index contributed by atoms with van der Waals surface area (Å²) in [5, 5.41) is 10.2. The first-order valence-corrected chi connectivity index (χ1v) is 11.4. The molecule has 0 aromatic heterocycles. The molecule has 0 unspecified atom stereocenters. The summed E-state index contributed by atoms with van der Waals surface area (Å²) >= 11 is 0. The topological polar surface area (TPSA) is 59.0 Å². The molecule has 2 heterocycles. The lowest BCUT2D eigenvalue weighted by molar-refractivity contribution is -0.0419. The number of allylic oxidation sites excluding steroid dienone is 5. The van der Waals surface area contributed by atoms with E-state index >= 15 is 0 Å². The van der Waals surface area contributed by atoms with Crippen LogP contribution in [0.25, 0.3) is 0 Å². The number of rotatable bonds is 6. The molecule has 168 valence electrons. The van der Waals surface area contributed by atoms with Gasteiger partial charge in [-0.15, -0.1) is 0 Å². The Morgan fingerprint density at radius 3 is 2.71 bits per heavy atom. The minimum Gasteiger partial charge on any atom is -0.504 e. The molecular formula is C26H35NO4. The fraction of sp³-hybridized carbons (Fsp3) is 0.500. The van der Waals surface area contributed by atoms with Crippen LogP contribution < -0.4 is 4.74 Å². The molecule has 3 rings (SSSR count). The number of hydrogen-bond donors (Lipinski definition) is 1. The van der Waals surface area contributed by atoms with Gasteiger partial charge in [0.2, 0.25) is 0 Å². The fourth-order valence-electron chi connectivity index (χ4n) is 4.13. The monoisotopic (exact) mass is 425 g/mol. The number of likely N-dealkylation sites (tertiary alicyclic amines) is 1. The summed E-state index contributed by atoms with van der Waals surface area (Å²) in [5.41, 5.74) is 0.284. The number of carbonyl (C=O) groups is 1. The Balaban J connectivity index is 1.62. The highest BCUT2D eigenvalue weighted by Crippen LogP contribution is 2.37. The lowest BCUT2D eigenvalue weighted by atomic mass is 9.86. The van der Waals surface area contributed by atoms with Crippen molar-refractivity contribution in [3.8, 4) is 11.5 Å². The van der Waals surface area contributed by atoms with Gasteiger partial charge >= 0.3 is 0 Å². The lowest BCUT2D eigenvalue weighted by Crippen LogP contribution is -2.47. The van der Waals surface area contributed by atoms with E-state index in [4.69, 9.17) is 9.47 Å². The van der Waals surface area contributed by atoms with Gasteiger partial charge in [0.25, 0.3) is 5.91 Å². The Hall–Kier alpha value is -2.69. The third-order valence-electron chi connectivity index (χ3n) is 5.79. The molecule has 0 radical (unpaired) electrons. The van der Waals surface area contributed by atoms with Crippen molar-refractivity contribution in [3.05, 3.63) is 59.9 Å². The van der Waals surface area contributed by atoms with Crippen LogP contribution in [-0.2, 0) is 4.74 Å². The summed E-state index contributed by atoms with van der Waals surface area (Å²) in [7, 11) is 0. The van der Waals surface area contributed by atoms with Crippen molar-refractivity contribution < 1.29 is 19.4 Å². The second-order valence-electron chi connectivity index (χ2n) is 8.62. The standard InChI is InChI=1S/C26H35NO4/c1-4-5-6-7-10-22-11-8-9-14-26(31-22)15-17-27(18-16-26)25(29)21-12-13-24(23(28)19-21)30-20(2)3/h5-7,10-13,19-20,28H,4,8-9,14-18H2,1-3H3/b6-5-,10-7-. The Labute approximate surface area is 186 Å². The molecule has 31 heavy (non-hydrogen) atoms. The average molecular weight is 426 g/mol. The summed E-state index contributed by atoms with van der Waals surface area (Å²) in [4.78, 5) is 14.9. The number of hydrogen-bond acceptors (Lipinski definition) is 4. The first-order chi connectivity index (χ1) is 14.9. The number of piperidine rings is 1. The second-order valence-corrected chi connectivity index (χ2v) is 8.62. The lowest BCUT2D eigenvalue weighted by Gasteiger charge is -2.41. The molecule has 1 fully saturated rings. The molecule has 1 aromatic carbocycles. The van der Waals surface area contributed by atoms with Crippen molar-refractivity contribution >= 4 is 5.91 Å². The Bertz CT molecular complexity index is 845. The van der Waals surface area contributed by atoms with Crippen molar-refractivity contribution in [2.75, 3.05) is 13.1 Å². The van der Waals surface area contributed by atoms with Crippen LogP contribution >= 0.6 is 0 Å². The fourth-order valence-corrected chi connectivity index (χ4v) is 4.13. The zero-order chi connectivity index (χ0) is 22.3. The van der Waals surface area contributed by atoms with Crippen LogP contribution in [0.4, 0.5) is 0 Å². The third-order valence-corrected chi connectivity index (χ3v) is 5.79. The summed E-state index contributed by atoms with van der Waals surface area (Å²) in [5.74, 6) is 1.27. The minimum absolute atomic E-state index is 0.00109. The zero-order valence-corrected chi connectivity index (χ0v) is 19.0. The van der Waals surface area contributed by atoms with Gasteiger partial charge in [-0.3, -0.25) is 4.79 Å². The maximum absolute atomic E-state index is 13.0. The van der Waals surface area contributed by atoms with Gasteiger partial charge in [0.05, 0.1) is 6.10 Å². The molecule has 0 saturated carbocycles. The van der Waals surface area contributed by atoms with Crippen molar-refractivity contribution in [3.63, 3.8) is 0 Å². The van der Waals surface area contributed by atoms with Gasteiger partial charge in [-0.25, -0.2) is 0 Å². The molecule has 1 N–H and O–H groups in total. The van der Waals surface area contributed by atoms with Gasteiger partial charge in [-0.05, 0) is 69.9 Å². The Morgan fingerprint density at radius 1 is 1.26 bits per heavy atom. The van der Waals surface area contributed by atoms with Crippen LogP contribution in [-0.4, -0.2) is 40.7 Å². The summed E-state index contributed by atoms with van der Waals surface area (Å²) in [6, 6.07) is 4.89. The quantitative estimate of drug-likeness (QED) is 0.589. The number of benzene rings is 1. The van der Waals surface area contributed by atoms with Gasteiger partial charge in [0.1, 0.15) is 11.4 Å². The van der Waals surface area contributed by atoms with Crippen LogP contribution in [0.3, 0.4) is 0 Å². The first-order valence-electron chi connectivity index (χ1n) is 11.4. The highest BCUT2D eigenvalue weighted by Gasteiger charge is 2.38. The Kier molecular flexibility index (Phi) is 7.83. The number of nitrogens with zero attached hydrogens (tertiary/aromatic N) is 1. The second kappa shape index (κ2) is 10.6. The molecule has 1 aromatic rings. The van der Waals surface area contributed by atoms with Crippen LogP contribution in [0, 0.1) is 0 Å². The number of amides is 1. The van der Waals surface area contributed by atoms with Crippen LogP contribution in [0.5, 0.6) is 11.5 Å². The predicted octanol–water partition coefficient (Wildman–Crippen LogP) is 5.76. The van der Waals surface area contributed by atoms with E-state index in [0.29, 0.717) is 24.4 Å². The van der Waals surface area contributed by atoms with Gasteiger partial charge in [0, 0.05) is 31.5 Å². The van der Waals surface area contributed by atoms with Crippen molar-refractivity contribution in [2.45, 2.75) is 71.0 Å². The number of phenols is 1. The zero-order valence-electron chi connectivity index (χ0n) is 19.0. The minimum atomic E-state index is -0.199. The summed E-state index contributed by atoms with van der Waals surface area (Å²) in [6.07, 6.45) is 16.2. The molecule has 0 atom stereocenters. The van der Waals surface area contributed by atoms with Crippen molar-refractivity contribution in [1.29, 1.82) is 0 Å². The molecule has 1 amide bonds. The van der Waals surface area contributed by atoms with Gasteiger partial charge in [0.15, 0.2) is 11.5 Å².